The molecule has 0 fully saturated rings. The van der Waals surface area contributed by atoms with Crippen LogP contribution in [0, 0.1) is 19.7 Å². The summed E-state index contributed by atoms with van der Waals surface area (Å²) in [7, 11) is 1.76. The minimum atomic E-state index is -0.408. The zero-order chi connectivity index (χ0) is 15.6. The van der Waals surface area contributed by atoms with Gasteiger partial charge in [-0.15, -0.1) is 0 Å². The number of halogens is 2. The molecule has 2 rings (SSSR count). The maximum absolute atomic E-state index is 13.6. The highest BCUT2D eigenvalue weighted by Gasteiger charge is 2.13. The fourth-order valence-corrected chi connectivity index (χ4v) is 2.49. The van der Waals surface area contributed by atoms with E-state index in [2.05, 4.69) is 26.6 Å². The summed E-state index contributed by atoms with van der Waals surface area (Å²) in [6.07, 6.45) is 0. The van der Waals surface area contributed by atoms with Crippen molar-refractivity contribution in [3.05, 3.63) is 57.3 Å². The van der Waals surface area contributed by atoms with Gasteiger partial charge in [0.1, 0.15) is 5.82 Å². The number of carbonyl (C=O) groups is 1. The first-order valence-corrected chi connectivity index (χ1v) is 7.27. The summed E-state index contributed by atoms with van der Waals surface area (Å²) in [5, 5.41) is 5.74. The van der Waals surface area contributed by atoms with Gasteiger partial charge in [0.15, 0.2) is 0 Å². The van der Waals surface area contributed by atoms with E-state index in [1.807, 2.05) is 26.0 Å². The standard InChI is InChI=1S/C16H16BrFN2O/c1-9-4-5-14(19-3)11(6-9)16(21)20-15-8-13(18)12(17)7-10(15)2/h4-8,19H,1-3H3,(H,20,21). The molecule has 1 amide bonds. The van der Waals surface area contributed by atoms with Crippen LogP contribution in [0.3, 0.4) is 0 Å². The average molecular weight is 351 g/mol. The van der Waals surface area contributed by atoms with E-state index >= 15 is 0 Å². The van der Waals surface area contributed by atoms with Crippen molar-refractivity contribution in [3.8, 4) is 0 Å². The molecule has 0 unspecified atom stereocenters. The van der Waals surface area contributed by atoms with Gasteiger partial charge in [-0.2, -0.15) is 0 Å². The van der Waals surface area contributed by atoms with Crippen LogP contribution in [0.4, 0.5) is 15.8 Å². The topological polar surface area (TPSA) is 41.1 Å². The lowest BCUT2D eigenvalue weighted by atomic mass is 10.1. The van der Waals surface area contributed by atoms with Crippen LogP contribution in [0.25, 0.3) is 0 Å². The number of hydrogen-bond donors (Lipinski definition) is 2. The third-order valence-electron chi connectivity index (χ3n) is 3.20. The molecule has 2 N–H and O–H groups in total. The number of benzene rings is 2. The minimum absolute atomic E-state index is 0.270. The molecule has 110 valence electrons. The Morgan fingerprint density at radius 1 is 1.14 bits per heavy atom. The summed E-state index contributed by atoms with van der Waals surface area (Å²) in [6, 6.07) is 8.52. The number of anilines is 2. The molecule has 2 aromatic carbocycles. The number of hydrogen-bond acceptors (Lipinski definition) is 2. The molecule has 0 aliphatic heterocycles. The minimum Gasteiger partial charge on any atom is -0.387 e. The van der Waals surface area contributed by atoms with Gasteiger partial charge in [-0.3, -0.25) is 4.79 Å². The summed E-state index contributed by atoms with van der Waals surface area (Å²) in [4.78, 5) is 12.4. The number of rotatable bonds is 3. The Morgan fingerprint density at radius 2 is 1.86 bits per heavy atom. The van der Waals surface area contributed by atoms with Crippen LogP contribution in [0.1, 0.15) is 21.5 Å². The van der Waals surface area contributed by atoms with E-state index in [4.69, 9.17) is 0 Å². The van der Waals surface area contributed by atoms with Crippen molar-refractivity contribution >= 4 is 33.2 Å². The molecule has 0 aromatic heterocycles. The molecule has 2 aromatic rings. The highest BCUT2D eigenvalue weighted by molar-refractivity contribution is 9.10. The van der Waals surface area contributed by atoms with Crippen molar-refractivity contribution in [1.82, 2.24) is 0 Å². The van der Waals surface area contributed by atoms with Crippen LogP contribution in [0.15, 0.2) is 34.8 Å². The summed E-state index contributed by atoms with van der Waals surface area (Å²) in [6.45, 7) is 3.73. The molecule has 0 atom stereocenters. The second kappa shape index (κ2) is 6.26. The molecule has 0 saturated carbocycles. The Morgan fingerprint density at radius 3 is 2.52 bits per heavy atom. The maximum Gasteiger partial charge on any atom is 0.257 e. The van der Waals surface area contributed by atoms with Crippen LogP contribution in [-0.2, 0) is 0 Å². The number of aryl methyl sites for hydroxylation is 2. The van der Waals surface area contributed by atoms with E-state index in [9.17, 15) is 9.18 Å². The van der Waals surface area contributed by atoms with Gasteiger partial charge in [0.25, 0.3) is 5.91 Å². The zero-order valence-electron chi connectivity index (χ0n) is 12.1. The van der Waals surface area contributed by atoms with Gasteiger partial charge in [-0.25, -0.2) is 4.39 Å². The molecular formula is C16H16BrFN2O. The smallest absolute Gasteiger partial charge is 0.257 e. The first-order valence-electron chi connectivity index (χ1n) is 6.47. The largest absolute Gasteiger partial charge is 0.387 e. The molecule has 21 heavy (non-hydrogen) atoms. The maximum atomic E-state index is 13.6. The summed E-state index contributed by atoms with van der Waals surface area (Å²) in [5.74, 6) is -0.679. The second-order valence-corrected chi connectivity index (χ2v) is 5.69. The van der Waals surface area contributed by atoms with Gasteiger partial charge >= 0.3 is 0 Å². The summed E-state index contributed by atoms with van der Waals surface area (Å²) in [5.41, 5.74) is 3.49. The third-order valence-corrected chi connectivity index (χ3v) is 3.81. The Bertz CT molecular complexity index is 701. The van der Waals surface area contributed by atoms with Crippen LogP contribution in [0.2, 0.25) is 0 Å². The molecule has 5 heteroatoms. The van der Waals surface area contributed by atoms with Gasteiger partial charge in [-0.05, 0) is 59.6 Å². The predicted molar refractivity (Wildman–Crippen MR) is 87.5 cm³/mol. The number of nitrogens with one attached hydrogen (secondary N) is 2. The second-order valence-electron chi connectivity index (χ2n) is 4.83. The molecule has 0 radical (unpaired) electrons. The van der Waals surface area contributed by atoms with E-state index in [1.54, 1.807) is 19.2 Å². The van der Waals surface area contributed by atoms with E-state index in [1.165, 1.54) is 6.07 Å². The Balaban J connectivity index is 2.34. The lowest BCUT2D eigenvalue weighted by Gasteiger charge is -2.13. The van der Waals surface area contributed by atoms with E-state index < -0.39 is 5.82 Å². The van der Waals surface area contributed by atoms with Gasteiger partial charge in [-0.1, -0.05) is 11.6 Å². The fourth-order valence-electron chi connectivity index (χ4n) is 2.03. The molecule has 0 bridgehead atoms. The van der Waals surface area contributed by atoms with Gasteiger partial charge in [0.05, 0.1) is 10.0 Å². The van der Waals surface area contributed by atoms with Crippen molar-refractivity contribution in [1.29, 1.82) is 0 Å². The monoisotopic (exact) mass is 350 g/mol. The normalized spacial score (nSPS) is 10.3. The molecule has 0 aliphatic rings. The summed E-state index contributed by atoms with van der Waals surface area (Å²) < 4.78 is 14.0. The highest BCUT2D eigenvalue weighted by Crippen LogP contribution is 2.25. The van der Waals surface area contributed by atoms with Crippen molar-refractivity contribution in [2.75, 3.05) is 17.7 Å². The Hall–Kier alpha value is -1.88. The highest BCUT2D eigenvalue weighted by atomic mass is 79.9. The Labute approximate surface area is 131 Å². The van der Waals surface area contributed by atoms with Crippen molar-refractivity contribution in [2.24, 2.45) is 0 Å². The van der Waals surface area contributed by atoms with Gasteiger partial charge in [0.2, 0.25) is 0 Å². The third kappa shape index (κ3) is 3.42. The average Bonchev–Trinajstić information content (AvgIpc) is 2.44. The number of carbonyl (C=O) groups excluding carboxylic acids is 1. The molecule has 3 nitrogen and oxygen atoms in total. The first kappa shape index (κ1) is 15.5. The van der Waals surface area contributed by atoms with E-state index in [0.717, 1.165) is 16.8 Å². The van der Waals surface area contributed by atoms with Crippen LogP contribution in [0.5, 0.6) is 0 Å². The van der Waals surface area contributed by atoms with Crippen LogP contribution >= 0.6 is 15.9 Å². The molecule has 0 saturated heterocycles. The van der Waals surface area contributed by atoms with Crippen molar-refractivity contribution in [3.63, 3.8) is 0 Å². The SMILES string of the molecule is CNc1ccc(C)cc1C(=O)Nc1cc(F)c(Br)cc1C. The Kier molecular flexibility index (Phi) is 4.63. The lowest BCUT2D eigenvalue weighted by Crippen LogP contribution is -2.15. The van der Waals surface area contributed by atoms with Crippen molar-refractivity contribution in [2.45, 2.75) is 13.8 Å². The molecule has 0 aliphatic carbocycles. The van der Waals surface area contributed by atoms with Gasteiger partial charge < -0.3 is 10.6 Å². The quantitative estimate of drug-likeness (QED) is 0.855. The molecule has 0 spiro atoms. The zero-order valence-corrected chi connectivity index (χ0v) is 13.6. The van der Waals surface area contributed by atoms with Gasteiger partial charge in [0, 0.05) is 18.4 Å². The lowest BCUT2D eigenvalue weighted by molar-refractivity contribution is 0.102. The van der Waals surface area contributed by atoms with Crippen LogP contribution in [-0.4, -0.2) is 13.0 Å². The molecule has 0 heterocycles. The summed E-state index contributed by atoms with van der Waals surface area (Å²) >= 11 is 3.13. The van der Waals surface area contributed by atoms with E-state index in [0.29, 0.717) is 15.7 Å². The first-order chi connectivity index (χ1) is 9.92. The number of amides is 1. The fraction of sp³-hybridized carbons (Fsp3) is 0.188. The molecular weight excluding hydrogens is 335 g/mol. The predicted octanol–water partition coefficient (Wildman–Crippen LogP) is 4.50. The van der Waals surface area contributed by atoms with Crippen molar-refractivity contribution < 1.29 is 9.18 Å². The van der Waals surface area contributed by atoms with Crippen LogP contribution < -0.4 is 10.6 Å². The van der Waals surface area contributed by atoms with E-state index in [-0.39, 0.29) is 5.91 Å².